The van der Waals surface area contributed by atoms with E-state index in [1.165, 1.54) is 31.2 Å². The van der Waals surface area contributed by atoms with Gasteiger partial charge in [-0.15, -0.1) is 0 Å². The molecule has 2 rings (SSSR count). The number of hydrogen-bond donors (Lipinski definition) is 1. The minimum atomic E-state index is 0.630. The molecule has 0 saturated heterocycles. The highest BCUT2D eigenvalue weighted by Crippen LogP contribution is 2.38. The monoisotopic (exact) mass is 268 g/mol. The molecular weight excluding hydrogens is 252 g/mol. The lowest BCUT2D eigenvalue weighted by Gasteiger charge is -2.07. The fourth-order valence-corrected chi connectivity index (χ4v) is 2.70. The number of nitrogens with two attached hydrogens (primary N) is 1. The van der Waals surface area contributed by atoms with Crippen LogP contribution in [0.4, 0.5) is 5.82 Å². The number of pyridine rings is 1. The van der Waals surface area contributed by atoms with E-state index in [9.17, 15) is 0 Å². The van der Waals surface area contributed by atoms with E-state index in [2.05, 4.69) is 27.0 Å². The second-order valence-electron chi connectivity index (χ2n) is 4.33. The Hall–Kier alpha value is -0.570. The highest BCUT2D eigenvalue weighted by atomic mass is 79.9. The maximum Gasteiger partial charge on any atom is 0.123 e. The van der Waals surface area contributed by atoms with Crippen molar-refractivity contribution < 1.29 is 0 Å². The largest absolute Gasteiger partial charge is 0.384 e. The van der Waals surface area contributed by atoms with Crippen molar-refractivity contribution in [1.29, 1.82) is 0 Å². The number of nitrogens with zero attached hydrogens (tertiary/aromatic N) is 1. The molecule has 0 aliphatic heterocycles. The van der Waals surface area contributed by atoms with Crippen molar-refractivity contribution in [3.05, 3.63) is 23.9 Å². The molecule has 0 radical (unpaired) electrons. The summed E-state index contributed by atoms with van der Waals surface area (Å²) >= 11 is 3.76. The van der Waals surface area contributed by atoms with Crippen molar-refractivity contribution in [3.63, 3.8) is 0 Å². The lowest BCUT2D eigenvalue weighted by atomic mass is 10.1. The van der Waals surface area contributed by atoms with Crippen LogP contribution in [-0.4, -0.2) is 9.81 Å². The average Bonchev–Trinajstić information content (AvgIpc) is 3.00. The summed E-state index contributed by atoms with van der Waals surface area (Å²) in [6.07, 6.45) is 8.23. The van der Waals surface area contributed by atoms with E-state index in [-0.39, 0.29) is 0 Å². The Bertz CT molecular complexity index is 323. The third-order valence-corrected chi connectivity index (χ3v) is 4.13. The molecule has 1 heterocycles. The molecule has 1 fully saturated rings. The first-order chi connectivity index (χ1) is 7.25. The smallest absolute Gasteiger partial charge is 0.123 e. The molecule has 2 nitrogen and oxygen atoms in total. The number of anilines is 1. The van der Waals surface area contributed by atoms with Crippen molar-refractivity contribution in [2.24, 2.45) is 5.92 Å². The standard InChI is InChI=1S/C12H17BrN2/c13-11(10-4-5-10)3-1-2-9-6-7-15-12(14)8-9/h6-8,10-11H,1-5H2,(H2,14,15). The number of rotatable bonds is 5. The van der Waals surface area contributed by atoms with Gasteiger partial charge in [-0.1, -0.05) is 15.9 Å². The van der Waals surface area contributed by atoms with Crippen LogP contribution < -0.4 is 5.73 Å². The summed E-state index contributed by atoms with van der Waals surface area (Å²) in [5.41, 5.74) is 6.93. The van der Waals surface area contributed by atoms with Crippen LogP contribution in [0.5, 0.6) is 0 Å². The van der Waals surface area contributed by atoms with Crippen LogP contribution >= 0.6 is 15.9 Å². The lowest BCUT2D eigenvalue weighted by molar-refractivity contribution is 0.653. The summed E-state index contributed by atoms with van der Waals surface area (Å²) in [4.78, 5) is 4.72. The second-order valence-corrected chi connectivity index (χ2v) is 5.51. The maximum absolute atomic E-state index is 5.63. The van der Waals surface area contributed by atoms with Crippen LogP contribution in [0.15, 0.2) is 18.3 Å². The van der Waals surface area contributed by atoms with Crippen LogP contribution in [0.1, 0.15) is 31.2 Å². The molecular formula is C12H17BrN2. The molecule has 82 valence electrons. The van der Waals surface area contributed by atoms with E-state index in [1.54, 1.807) is 6.20 Å². The minimum absolute atomic E-state index is 0.630. The van der Waals surface area contributed by atoms with Crippen molar-refractivity contribution in [3.8, 4) is 0 Å². The van der Waals surface area contributed by atoms with E-state index < -0.39 is 0 Å². The zero-order valence-corrected chi connectivity index (χ0v) is 10.4. The van der Waals surface area contributed by atoms with Gasteiger partial charge in [0, 0.05) is 11.0 Å². The van der Waals surface area contributed by atoms with Crippen LogP contribution in [-0.2, 0) is 6.42 Å². The van der Waals surface area contributed by atoms with Gasteiger partial charge in [0.05, 0.1) is 0 Å². The highest BCUT2D eigenvalue weighted by Gasteiger charge is 2.28. The number of hydrogen-bond acceptors (Lipinski definition) is 2. The van der Waals surface area contributed by atoms with Gasteiger partial charge in [0.15, 0.2) is 0 Å². The van der Waals surface area contributed by atoms with Crippen LogP contribution in [0.25, 0.3) is 0 Å². The number of nitrogen functional groups attached to an aromatic ring is 1. The van der Waals surface area contributed by atoms with Gasteiger partial charge in [0.1, 0.15) is 5.82 Å². The fraction of sp³-hybridized carbons (Fsp3) is 0.583. The SMILES string of the molecule is Nc1cc(CCCC(Br)C2CC2)ccn1. The molecule has 0 spiro atoms. The summed E-state index contributed by atoms with van der Waals surface area (Å²) in [6.45, 7) is 0. The molecule has 3 heteroatoms. The summed E-state index contributed by atoms with van der Waals surface area (Å²) in [7, 11) is 0. The van der Waals surface area contributed by atoms with Gasteiger partial charge >= 0.3 is 0 Å². The highest BCUT2D eigenvalue weighted by molar-refractivity contribution is 9.09. The molecule has 0 amide bonds. The number of alkyl halides is 1. The summed E-state index contributed by atoms with van der Waals surface area (Å²) in [5.74, 6) is 1.58. The van der Waals surface area contributed by atoms with Crippen molar-refractivity contribution >= 4 is 21.7 Å². The third kappa shape index (κ3) is 3.49. The lowest BCUT2D eigenvalue weighted by Crippen LogP contribution is -2.01. The molecule has 1 unspecified atom stereocenters. The molecule has 1 saturated carbocycles. The predicted molar refractivity (Wildman–Crippen MR) is 67.0 cm³/mol. The molecule has 1 aromatic rings. The molecule has 0 aromatic carbocycles. The second kappa shape index (κ2) is 4.97. The number of halogens is 1. The number of aromatic nitrogens is 1. The van der Waals surface area contributed by atoms with Crippen molar-refractivity contribution in [1.82, 2.24) is 4.98 Å². The first-order valence-electron chi connectivity index (χ1n) is 5.60. The van der Waals surface area contributed by atoms with Crippen molar-refractivity contribution in [2.45, 2.75) is 36.9 Å². The van der Waals surface area contributed by atoms with Gasteiger partial charge in [-0.2, -0.15) is 0 Å². The molecule has 0 bridgehead atoms. The zero-order valence-electron chi connectivity index (χ0n) is 8.82. The minimum Gasteiger partial charge on any atom is -0.384 e. The fourth-order valence-electron chi connectivity index (χ4n) is 1.84. The predicted octanol–water partition coefficient (Wildman–Crippen LogP) is 3.16. The van der Waals surface area contributed by atoms with Crippen LogP contribution in [0, 0.1) is 5.92 Å². The Labute approximate surface area is 99.4 Å². The summed E-state index contributed by atoms with van der Waals surface area (Å²) in [6, 6.07) is 4.02. The number of aryl methyl sites for hydroxylation is 1. The molecule has 1 atom stereocenters. The molecule has 15 heavy (non-hydrogen) atoms. The zero-order chi connectivity index (χ0) is 10.7. The van der Waals surface area contributed by atoms with E-state index in [1.807, 2.05) is 6.07 Å². The Morgan fingerprint density at radius 2 is 2.33 bits per heavy atom. The van der Waals surface area contributed by atoms with Crippen molar-refractivity contribution in [2.75, 3.05) is 5.73 Å². The van der Waals surface area contributed by atoms with E-state index in [4.69, 9.17) is 5.73 Å². The first-order valence-corrected chi connectivity index (χ1v) is 6.52. The Balaban J connectivity index is 1.73. The topological polar surface area (TPSA) is 38.9 Å². The van der Waals surface area contributed by atoms with Gasteiger partial charge in [-0.3, -0.25) is 0 Å². The molecule has 1 aliphatic carbocycles. The maximum atomic E-state index is 5.63. The van der Waals surface area contributed by atoms with E-state index >= 15 is 0 Å². The molecule has 1 aliphatic rings. The third-order valence-electron chi connectivity index (χ3n) is 2.92. The first kappa shape index (κ1) is 10.9. The average molecular weight is 269 g/mol. The van der Waals surface area contributed by atoms with Gasteiger partial charge < -0.3 is 5.73 Å². The van der Waals surface area contributed by atoms with E-state index in [0.717, 1.165) is 17.2 Å². The van der Waals surface area contributed by atoms with Crippen LogP contribution in [0.2, 0.25) is 0 Å². The molecule has 1 aromatic heterocycles. The summed E-state index contributed by atoms with van der Waals surface area (Å²) < 4.78 is 0. The quantitative estimate of drug-likeness (QED) is 0.834. The molecule has 2 N–H and O–H groups in total. The van der Waals surface area contributed by atoms with Gasteiger partial charge in [0.25, 0.3) is 0 Å². The van der Waals surface area contributed by atoms with E-state index in [0.29, 0.717) is 5.82 Å². The normalized spacial score (nSPS) is 17.7. The Kier molecular flexibility index (Phi) is 3.62. The Morgan fingerprint density at radius 3 is 3.00 bits per heavy atom. The van der Waals surface area contributed by atoms with Gasteiger partial charge in [-0.05, 0) is 55.7 Å². The van der Waals surface area contributed by atoms with Gasteiger partial charge in [-0.25, -0.2) is 4.98 Å². The Morgan fingerprint density at radius 1 is 1.53 bits per heavy atom. The van der Waals surface area contributed by atoms with Crippen LogP contribution in [0.3, 0.4) is 0 Å². The van der Waals surface area contributed by atoms with Gasteiger partial charge in [0.2, 0.25) is 0 Å². The summed E-state index contributed by atoms with van der Waals surface area (Å²) in [5, 5.41) is 0.